The van der Waals surface area contributed by atoms with E-state index in [2.05, 4.69) is 9.46 Å². The van der Waals surface area contributed by atoms with Crippen LogP contribution in [0.3, 0.4) is 0 Å². The Morgan fingerprint density at radius 2 is 1.81 bits per heavy atom. The number of sulfonamides is 1. The highest BCUT2D eigenvalue weighted by atomic mass is 35.5. The molecule has 9 nitrogen and oxygen atoms in total. The second-order valence-electron chi connectivity index (χ2n) is 4.73. The lowest BCUT2D eigenvalue weighted by molar-refractivity contribution is -0.386. The van der Waals surface area contributed by atoms with Gasteiger partial charge in [-0.2, -0.15) is 0 Å². The summed E-state index contributed by atoms with van der Waals surface area (Å²) in [7, 11) is -2.79. The summed E-state index contributed by atoms with van der Waals surface area (Å²) in [5, 5.41) is 28.6. The second kappa shape index (κ2) is 9.92. The van der Waals surface area contributed by atoms with Crippen molar-refractivity contribution in [3.8, 4) is 11.5 Å². The van der Waals surface area contributed by atoms with Gasteiger partial charge in [-0.3, -0.25) is 10.1 Å². The predicted octanol–water partition coefficient (Wildman–Crippen LogP) is 2.27. The van der Waals surface area contributed by atoms with E-state index in [4.69, 9.17) is 16.7 Å². The monoisotopic (exact) mass is 404 g/mol. The van der Waals surface area contributed by atoms with Gasteiger partial charge in [-0.1, -0.05) is 29.8 Å². The molecule has 3 N–H and O–H groups in total. The Kier molecular flexibility index (Phi) is 8.26. The molecule has 0 aliphatic carbocycles. The lowest BCUT2D eigenvalue weighted by atomic mass is 10.3. The molecule has 26 heavy (non-hydrogen) atoms. The average molecular weight is 405 g/mol. The fourth-order valence-corrected chi connectivity index (χ4v) is 3.35. The molecular weight excluding hydrogens is 388 g/mol. The van der Waals surface area contributed by atoms with Gasteiger partial charge in [-0.05, 0) is 18.2 Å². The van der Waals surface area contributed by atoms with Crippen LogP contribution in [0.1, 0.15) is 0 Å². The van der Waals surface area contributed by atoms with E-state index in [1.54, 1.807) is 24.3 Å². The summed E-state index contributed by atoms with van der Waals surface area (Å²) < 4.78 is 30.5. The van der Waals surface area contributed by atoms with Gasteiger partial charge in [0.2, 0.25) is 15.8 Å². The molecule has 0 aliphatic heterocycles. The van der Waals surface area contributed by atoms with Crippen molar-refractivity contribution >= 4 is 27.3 Å². The molecule has 0 atom stereocenters. The van der Waals surface area contributed by atoms with Gasteiger partial charge in [0.25, 0.3) is 0 Å². The Morgan fingerprint density at radius 1 is 1.19 bits per heavy atom. The molecule has 0 unspecified atom stereocenters. The third-order valence-electron chi connectivity index (χ3n) is 2.88. The van der Waals surface area contributed by atoms with E-state index in [-0.39, 0.29) is 18.2 Å². The number of nitrogens with one attached hydrogen (secondary N) is 1. The van der Waals surface area contributed by atoms with Crippen molar-refractivity contribution in [3.05, 3.63) is 57.6 Å². The SMILES string of the molecule is COCCNS(=O)(=O)c1c(Cl)ccc([N+](=O)[O-])c1O.Oc1ccccc1. The molecule has 0 saturated heterocycles. The summed E-state index contributed by atoms with van der Waals surface area (Å²) in [6.45, 7) is 0.0455. The van der Waals surface area contributed by atoms with Crippen LogP contribution in [0.25, 0.3) is 0 Å². The second-order valence-corrected chi connectivity index (χ2v) is 6.84. The Morgan fingerprint density at radius 3 is 2.27 bits per heavy atom. The van der Waals surface area contributed by atoms with Crippen LogP contribution in [0.4, 0.5) is 5.69 Å². The van der Waals surface area contributed by atoms with Gasteiger partial charge in [-0.25, -0.2) is 13.1 Å². The summed E-state index contributed by atoms with van der Waals surface area (Å²) in [5.41, 5.74) is -0.739. The van der Waals surface area contributed by atoms with Gasteiger partial charge in [0, 0.05) is 19.7 Å². The standard InChI is InChI=1S/C9H11ClN2O6S.C6H6O/c1-18-5-4-11-19(16,17)9-6(10)2-3-7(8(9)13)12(14)15;7-6-4-2-1-3-5-6/h2-3,11,13H,4-5H2,1H3;1-5,7H. The number of para-hydroxylation sites is 1. The highest BCUT2D eigenvalue weighted by Crippen LogP contribution is 2.37. The minimum atomic E-state index is -4.17. The fraction of sp³-hybridized carbons (Fsp3) is 0.200. The highest BCUT2D eigenvalue weighted by Gasteiger charge is 2.28. The molecule has 0 bridgehead atoms. The maximum absolute atomic E-state index is 11.9. The van der Waals surface area contributed by atoms with E-state index < -0.39 is 31.3 Å². The normalized spacial score (nSPS) is 10.7. The van der Waals surface area contributed by atoms with Gasteiger partial charge < -0.3 is 14.9 Å². The molecule has 11 heteroatoms. The molecule has 0 spiro atoms. The first kappa shape index (κ1) is 21.6. The molecule has 0 radical (unpaired) electrons. The van der Waals surface area contributed by atoms with Crippen LogP contribution < -0.4 is 4.72 Å². The number of methoxy groups -OCH3 is 1. The summed E-state index contributed by atoms with van der Waals surface area (Å²) >= 11 is 5.67. The number of phenolic OH excluding ortho intramolecular Hbond substituents is 2. The topological polar surface area (TPSA) is 139 Å². The van der Waals surface area contributed by atoms with Crippen molar-refractivity contribution < 1.29 is 28.3 Å². The quantitative estimate of drug-likeness (QED) is 0.381. The number of nitro benzene ring substituents is 1. The van der Waals surface area contributed by atoms with Gasteiger partial charge >= 0.3 is 5.69 Å². The number of nitro groups is 1. The molecule has 2 aromatic carbocycles. The molecule has 0 aliphatic rings. The summed E-state index contributed by atoms with van der Waals surface area (Å²) in [5.74, 6) is -0.676. The minimum Gasteiger partial charge on any atom is -0.508 e. The first-order chi connectivity index (χ1) is 12.2. The van der Waals surface area contributed by atoms with E-state index in [9.17, 15) is 23.6 Å². The van der Waals surface area contributed by atoms with E-state index in [1.807, 2.05) is 6.07 Å². The number of benzene rings is 2. The third-order valence-corrected chi connectivity index (χ3v) is 4.84. The van der Waals surface area contributed by atoms with Crippen molar-refractivity contribution in [2.24, 2.45) is 0 Å². The largest absolute Gasteiger partial charge is 0.508 e. The smallest absolute Gasteiger partial charge is 0.312 e. The number of halogens is 1. The zero-order valence-corrected chi connectivity index (χ0v) is 15.2. The Hall–Kier alpha value is -2.40. The number of hydrogen-bond acceptors (Lipinski definition) is 7. The van der Waals surface area contributed by atoms with Crippen LogP contribution in [0.5, 0.6) is 11.5 Å². The van der Waals surface area contributed by atoms with Crippen molar-refractivity contribution in [1.82, 2.24) is 4.72 Å². The molecule has 142 valence electrons. The number of nitrogens with zero attached hydrogens (tertiary/aromatic N) is 1. The number of rotatable bonds is 6. The van der Waals surface area contributed by atoms with Crippen LogP contribution >= 0.6 is 11.6 Å². The Balaban J connectivity index is 0.000000401. The molecule has 2 aromatic rings. The molecule has 0 heterocycles. The van der Waals surface area contributed by atoms with E-state index in [0.717, 1.165) is 12.1 Å². The molecule has 2 rings (SSSR count). The van der Waals surface area contributed by atoms with Crippen LogP contribution in [0, 0.1) is 10.1 Å². The molecule has 0 fully saturated rings. The number of ether oxygens (including phenoxy) is 1. The summed E-state index contributed by atoms with van der Waals surface area (Å²) in [6.07, 6.45) is 0. The minimum absolute atomic E-state index is 0.0582. The van der Waals surface area contributed by atoms with E-state index in [0.29, 0.717) is 5.75 Å². The van der Waals surface area contributed by atoms with E-state index >= 15 is 0 Å². The van der Waals surface area contributed by atoms with Crippen molar-refractivity contribution in [1.29, 1.82) is 0 Å². The summed E-state index contributed by atoms with van der Waals surface area (Å²) in [4.78, 5) is 9.01. The zero-order chi connectivity index (χ0) is 19.7. The van der Waals surface area contributed by atoms with Gasteiger partial charge in [0.1, 0.15) is 10.6 Å². The first-order valence-electron chi connectivity index (χ1n) is 7.09. The van der Waals surface area contributed by atoms with Gasteiger partial charge in [-0.15, -0.1) is 0 Å². The fourth-order valence-electron chi connectivity index (χ4n) is 1.72. The molecule has 0 amide bonds. The maximum atomic E-state index is 11.9. The number of phenols is 2. The van der Waals surface area contributed by atoms with Crippen LogP contribution in [-0.2, 0) is 14.8 Å². The number of aromatic hydroxyl groups is 2. The molecule has 0 saturated carbocycles. The zero-order valence-electron chi connectivity index (χ0n) is 13.6. The maximum Gasteiger partial charge on any atom is 0.312 e. The van der Waals surface area contributed by atoms with Crippen LogP contribution in [0.2, 0.25) is 5.02 Å². The predicted molar refractivity (Wildman–Crippen MR) is 94.9 cm³/mol. The van der Waals surface area contributed by atoms with Crippen LogP contribution in [-0.4, -0.2) is 43.8 Å². The highest BCUT2D eigenvalue weighted by molar-refractivity contribution is 7.89. The average Bonchev–Trinajstić information content (AvgIpc) is 2.55. The van der Waals surface area contributed by atoms with Crippen molar-refractivity contribution in [2.45, 2.75) is 4.90 Å². The Bertz CT molecular complexity index is 845. The lowest BCUT2D eigenvalue weighted by Crippen LogP contribution is -2.27. The number of hydrogen-bond donors (Lipinski definition) is 3. The van der Waals surface area contributed by atoms with E-state index in [1.165, 1.54) is 7.11 Å². The lowest BCUT2D eigenvalue weighted by Gasteiger charge is -2.09. The summed E-state index contributed by atoms with van der Waals surface area (Å²) in [6, 6.07) is 10.7. The van der Waals surface area contributed by atoms with Crippen LogP contribution in [0.15, 0.2) is 47.4 Å². The van der Waals surface area contributed by atoms with Gasteiger partial charge in [0.15, 0.2) is 0 Å². The first-order valence-corrected chi connectivity index (χ1v) is 8.95. The molecule has 0 aromatic heterocycles. The van der Waals surface area contributed by atoms with Gasteiger partial charge in [0.05, 0.1) is 16.6 Å². The third kappa shape index (κ3) is 6.15. The van der Waals surface area contributed by atoms with Crippen molar-refractivity contribution in [2.75, 3.05) is 20.3 Å². The Labute approximate surface area is 155 Å². The molecular formula is C15H17ClN2O7S. The van der Waals surface area contributed by atoms with Crippen molar-refractivity contribution in [3.63, 3.8) is 0 Å².